The summed E-state index contributed by atoms with van der Waals surface area (Å²) in [6, 6.07) is 39.6. The van der Waals surface area contributed by atoms with E-state index in [1.165, 1.54) is 0 Å². The lowest BCUT2D eigenvalue weighted by atomic mass is 10.3. The first-order chi connectivity index (χ1) is 17.0. The number of ether oxygens (including phenoxy) is 4. The molecule has 0 atom stereocenters. The molecule has 4 nitrogen and oxygen atoms in total. The standard InChI is InChI=1S/C29H32O4Si2/c1-28(30-24-15-7-3-8-16-24,31-25-17-9-4-10-18-25)34-23-35-29(2,32-26-19-11-5-12-20-26)33-27-21-13-6-14-22-27/h3-22H,23,34-35H2,1-2H3. The van der Waals surface area contributed by atoms with E-state index in [2.05, 4.69) is 13.8 Å². The Hall–Kier alpha value is -3.49. The van der Waals surface area contributed by atoms with E-state index in [-0.39, 0.29) is 0 Å². The van der Waals surface area contributed by atoms with Gasteiger partial charge in [-0.15, -0.1) is 0 Å². The predicted molar refractivity (Wildman–Crippen MR) is 147 cm³/mol. The number of hydrogen-bond acceptors (Lipinski definition) is 4. The van der Waals surface area contributed by atoms with Crippen molar-refractivity contribution >= 4 is 19.0 Å². The Labute approximate surface area is 212 Å². The fourth-order valence-electron chi connectivity index (χ4n) is 3.93. The summed E-state index contributed by atoms with van der Waals surface area (Å²) in [7, 11) is -1.72. The Morgan fingerprint density at radius 1 is 0.429 bits per heavy atom. The molecule has 0 saturated carbocycles. The van der Waals surface area contributed by atoms with Gasteiger partial charge in [0.25, 0.3) is 0 Å². The van der Waals surface area contributed by atoms with Gasteiger partial charge in [-0.25, -0.2) is 0 Å². The summed E-state index contributed by atoms with van der Waals surface area (Å²) in [5, 5.41) is 0. The first kappa shape index (κ1) is 24.6. The van der Waals surface area contributed by atoms with Gasteiger partial charge in [0.2, 0.25) is 10.8 Å². The molecule has 35 heavy (non-hydrogen) atoms. The largest absolute Gasteiger partial charge is 0.458 e. The minimum absolute atomic E-state index is 0.698. The molecule has 180 valence electrons. The van der Waals surface area contributed by atoms with Crippen molar-refractivity contribution in [3.63, 3.8) is 0 Å². The summed E-state index contributed by atoms with van der Waals surface area (Å²) in [6.45, 7) is 4.11. The number of hydrogen-bond donors (Lipinski definition) is 0. The van der Waals surface area contributed by atoms with Crippen LogP contribution in [0.2, 0.25) is 5.67 Å². The third-order valence-corrected chi connectivity index (χ3v) is 10.8. The summed E-state index contributed by atoms with van der Waals surface area (Å²) in [6.07, 6.45) is 0. The summed E-state index contributed by atoms with van der Waals surface area (Å²) >= 11 is 0. The molecule has 0 aliphatic rings. The van der Waals surface area contributed by atoms with Gasteiger partial charge in [-0.1, -0.05) is 78.5 Å². The zero-order valence-electron chi connectivity index (χ0n) is 20.3. The zero-order chi connectivity index (χ0) is 24.4. The van der Waals surface area contributed by atoms with Crippen LogP contribution >= 0.6 is 0 Å². The number of para-hydroxylation sites is 4. The molecule has 0 heterocycles. The van der Waals surface area contributed by atoms with Crippen LogP contribution in [0.5, 0.6) is 23.0 Å². The van der Waals surface area contributed by atoms with Gasteiger partial charge in [0.15, 0.2) is 0 Å². The molecule has 0 radical (unpaired) electrons. The van der Waals surface area contributed by atoms with Crippen LogP contribution in [0, 0.1) is 0 Å². The number of rotatable bonds is 12. The first-order valence-electron chi connectivity index (χ1n) is 12.0. The molecule has 0 spiro atoms. The maximum absolute atomic E-state index is 6.44. The minimum atomic E-state index is -0.860. The highest BCUT2D eigenvalue weighted by Crippen LogP contribution is 2.26. The average molecular weight is 501 g/mol. The van der Waals surface area contributed by atoms with E-state index in [9.17, 15) is 0 Å². The van der Waals surface area contributed by atoms with Crippen LogP contribution in [-0.4, -0.2) is 29.9 Å². The van der Waals surface area contributed by atoms with Gasteiger partial charge in [-0.2, -0.15) is 0 Å². The molecule has 0 fully saturated rings. The summed E-state index contributed by atoms with van der Waals surface area (Å²) < 4.78 is 25.7. The molecule has 4 aromatic rings. The molecule has 0 saturated heterocycles. The van der Waals surface area contributed by atoms with E-state index in [0.29, 0.717) is 0 Å². The van der Waals surface area contributed by atoms with Gasteiger partial charge < -0.3 is 18.9 Å². The second-order valence-electron chi connectivity index (χ2n) is 8.78. The van der Waals surface area contributed by atoms with Crippen LogP contribution in [0.4, 0.5) is 0 Å². The van der Waals surface area contributed by atoms with Crippen LogP contribution in [0.1, 0.15) is 13.8 Å². The molecule has 6 heteroatoms. The van der Waals surface area contributed by atoms with Gasteiger partial charge in [0.05, 0.1) is 0 Å². The fraction of sp³-hybridized carbons (Fsp3) is 0.172. The highest BCUT2D eigenvalue weighted by molar-refractivity contribution is 6.58. The minimum Gasteiger partial charge on any atom is -0.458 e. The molecule has 0 unspecified atom stereocenters. The van der Waals surface area contributed by atoms with Crippen molar-refractivity contribution in [1.82, 2.24) is 0 Å². The van der Waals surface area contributed by atoms with E-state index >= 15 is 0 Å². The Kier molecular flexibility index (Phi) is 8.29. The fourth-order valence-corrected chi connectivity index (χ4v) is 10.8. The molecule has 0 aliphatic heterocycles. The molecular weight excluding hydrogens is 468 g/mol. The van der Waals surface area contributed by atoms with Crippen molar-refractivity contribution in [2.75, 3.05) is 0 Å². The molecule has 0 amide bonds. The van der Waals surface area contributed by atoms with E-state index < -0.39 is 29.9 Å². The van der Waals surface area contributed by atoms with Gasteiger partial charge in [0, 0.05) is 13.8 Å². The third kappa shape index (κ3) is 7.77. The molecular formula is C29H32O4Si2. The van der Waals surface area contributed by atoms with Gasteiger partial charge >= 0.3 is 0 Å². The topological polar surface area (TPSA) is 36.9 Å². The Balaban J connectivity index is 1.49. The molecule has 0 aliphatic carbocycles. The smallest absolute Gasteiger partial charge is 0.219 e. The van der Waals surface area contributed by atoms with Crippen molar-refractivity contribution in [3.05, 3.63) is 121 Å². The van der Waals surface area contributed by atoms with Crippen LogP contribution in [0.15, 0.2) is 121 Å². The Morgan fingerprint density at radius 3 is 0.886 bits per heavy atom. The van der Waals surface area contributed by atoms with Crippen molar-refractivity contribution in [2.24, 2.45) is 0 Å². The van der Waals surface area contributed by atoms with Crippen molar-refractivity contribution in [2.45, 2.75) is 30.3 Å². The second-order valence-corrected chi connectivity index (χ2v) is 15.2. The van der Waals surface area contributed by atoms with Gasteiger partial charge in [-0.3, -0.25) is 0 Å². The molecule has 4 rings (SSSR count). The summed E-state index contributed by atoms with van der Waals surface area (Å²) in [5.74, 6) is 3.24. The number of benzene rings is 4. The van der Waals surface area contributed by atoms with E-state index in [0.717, 1.165) is 28.7 Å². The van der Waals surface area contributed by atoms with Crippen LogP contribution in [0.25, 0.3) is 0 Å². The van der Waals surface area contributed by atoms with E-state index in [1.54, 1.807) is 0 Å². The normalized spacial score (nSPS) is 12.2. The highest BCUT2D eigenvalue weighted by atomic mass is 28.3. The molecule has 0 N–H and O–H groups in total. The lowest BCUT2D eigenvalue weighted by Crippen LogP contribution is -2.50. The van der Waals surface area contributed by atoms with Gasteiger partial charge in [-0.05, 0) is 48.5 Å². The summed E-state index contributed by atoms with van der Waals surface area (Å²) in [5.41, 5.74) is -0.376. The molecule has 0 bridgehead atoms. The van der Waals surface area contributed by atoms with E-state index in [1.807, 2.05) is 121 Å². The quantitative estimate of drug-likeness (QED) is 0.194. The van der Waals surface area contributed by atoms with Crippen molar-refractivity contribution in [1.29, 1.82) is 0 Å². The van der Waals surface area contributed by atoms with Crippen molar-refractivity contribution in [3.8, 4) is 23.0 Å². The lowest BCUT2D eigenvalue weighted by molar-refractivity contribution is -0.0278. The summed E-state index contributed by atoms with van der Waals surface area (Å²) in [4.78, 5) is 0. The first-order valence-corrected chi connectivity index (χ1v) is 15.4. The molecule has 0 aromatic heterocycles. The van der Waals surface area contributed by atoms with Crippen LogP contribution in [0.3, 0.4) is 0 Å². The lowest BCUT2D eigenvalue weighted by Gasteiger charge is -2.34. The van der Waals surface area contributed by atoms with Gasteiger partial charge in [0.1, 0.15) is 42.0 Å². The maximum Gasteiger partial charge on any atom is 0.219 e. The van der Waals surface area contributed by atoms with Crippen molar-refractivity contribution < 1.29 is 18.9 Å². The Morgan fingerprint density at radius 2 is 0.657 bits per heavy atom. The van der Waals surface area contributed by atoms with Crippen LogP contribution in [-0.2, 0) is 0 Å². The van der Waals surface area contributed by atoms with Crippen LogP contribution < -0.4 is 18.9 Å². The second kappa shape index (κ2) is 11.8. The Bertz CT molecular complexity index is 966. The van der Waals surface area contributed by atoms with E-state index in [4.69, 9.17) is 18.9 Å². The zero-order valence-corrected chi connectivity index (χ0v) is 23.1. The highest BCUT2D eigenvalue weighted by Gasteiger charge is 2.34. The maximum atomic E-state index is 6.44. The monoisotopic (exact) mass is 500 g/mol. The molecule has 4 aromatic carbocycles. The third-order valence-electron chi connectivity index (χ3n) is 5.57. The predicted octanol–water partition coefficient (Wildman–Crippen LogP) is 5.36. The SMILES string of the molecule is CC(Oc1ccccc1)(Oc1ccccc1)[SiH2]C[SiH2]C(C)(Oc1ccccc1)Oc1ccccc1. The average Bonchev–Trinajstić information content (AvgIpc) is 2.86.